The molecule has 126 valence electrons. The number of hydrogen-bond donors (Lipinski definition) is 2. The van der Waals surface area contributed by atoms with Crippen LogP contribution in [0.1, 0.15) is 10.4 Å². The lowest BCUT2D eigenvalue weighted by Gasteiger charge is -2.07. The third kappa shape index (κ3) is 4.33. The Hall–Kier alpha value is -2.93. The molecule has 2 amide bonds. The Bertz CT molecular complexity index is 893. The van der Waals surface area contributed by atoms with Crippen LogP contribution in [0.25, 0.3) is 5.69 Å². The molecule has 0 radical (unpaired) electrons. The van der Waals surface area contributed by atoms with Crippen molar-refractivity contribution >= 4 is 33.4 Å². The highest BCUT2D eigenvalue weighted by atomic mass is 79.9. The topological polar surface area (TPSA) is 76.0 Å². The van der Waals surface area contributed by atoms with Crippen LogP contribution in [0.2, 0.25) is 0 Å². The van der Waals surface area contributed by atoms with Crippen molar-refractivity contribution in [1.82, 2.24) is 15.1 Å². The summed E-state index contributed by atoms with van der Waals surface area (Å²) >= 11 is 3.35. The maximum atomic E-state index is 12.2. The number of carbonyl (C=O) groups is 2. The molecule has 3 aromatic rings. The van der Waals surface area contributed by atoms with E-state index in [1.807, 2.05) is 48.5 Å². The van der Waals surface area contributed by atoms with Crippen molar-refractivity contribution < 1.29 is 9.59 Å². The average Bonchev–Trinajstić information content (AvgIpc) is 3.13. The quantitative estimate of drug-likeness (QED) is 0.693. The van der Waals surface area contributed by atoms with E-state index in [1.165, 1.54) is 6.20 Å². The van der Waals surface area contributed by atoms with Gasteiger partial charge in [0.05, 0.1) is 29.7 Å². The summed E-state index contributed by atoms with van der Waals surface area (Å²) in [4.78, 5) is 24.1. The van der Waals surface area contributed by atoms with Gasteiger partial charge in [-0.05, 0) is 40.2 Å². The zero-order chi connectivity index (χ0) is 17.6. The van der Waals surface area contributed by atoms with Crippen molar-refractivity contribution in [2.75, 3.05) is 11.9 Å². The van der Waals surface area contributed by atoms with Gasteiger partial charge >= 0.3 is 0 Å². The molecule has 0 fully saturated rings. The van der Waals surface area contributed by atoms with Gasteiger partial charge < -0.3 is 10.6 Å². The van der Waals surface area contributed by atoms with E-state index in [0.717, 1.165) is 10.2 Å². The molecule has 0 bridgehead atoms. The fourth-order valence-electron chi connectivity index (χ4n) is 2.18. The number of nitrogens with one attached hydrogen (secondary N) is 2. The van der Waals surface area contributed by atoms with E-state index < -0.39 is 0 Å². The van der Waals surface area contributed by atoms with Gasteiger partial charge in [0.15, 0.2) is 0 Å². The highest BCUT2D eigenvalue weighted by Crippen LogP contribution is 2.20. The predicted octanol–water partition coefficient (Wildman–Crippen LogP) is 3.00. The van der Waals surface area contributed by atoms with Crippen LogP contribution in [-0.2, 0) is 4.79 Å². The standard InChI is InChI=1S/C18H15BrN4O2/c19-15-8-4-5-9-16(15)22-17(24)11-20-18(25)13-10-21-23(12-13)14-6-2-1-3-7-14/h1-10,12H,11H2,(H,20,25)(H,22,24). The molecule has 0 spiro atoms. The van der Waals surface area contributed by atoms with E-state index in [1.54, 1.807) is 16.9 Å². The SMILES string of the molecule is O=C(CNC(=O)c1cnn(-c2ccccc2)c1)Nc1ccccc1Br. The van der Waals surface area contributed by atoms with Crippen molar-refractivity contribution in [3.8, 4) is 5.69 Å². The van der Waals surface area contributed by atoms with E-state index in [-0.39, 0.29) is 18.4 Å². The number of benzene rings is 2. The lowest BCUT2D eigenvalue weighted by molar-refractivity contribution is -0.115. The molecule has 0 saturated carbocycles. The van der Waals surface area contributed by atoms with Crippen LogP contribution in [0.4, 0.5) is 5.69 Å². The molecular weight excluding hydrogens is 384 g/mol. The lowest BCUT2D eigenvalue weighted by atomic mass is 10.3. The first-order valence-corrected chi connectivity index (χ1v) is 8.35. The van der Waals surface area contributed by atoms with Crippen molar-refractivity contribution in [2.45, 2.75) is 0 Å². The van der Waals surface area contributed by atoms with Crippen LogP contribution in [0.5, 0.6) is 0 Å². The minimum atomic E-state index is -0.357. The fraction of sp³-hybridized carbons (Fsp3) is 0.0556. The molecule has 25 heavy (non-hydrogen) atoms. The van der Waals surface area contributed by atoms with Crippen LogP contribution < -0.4 is 10.6 Å². The van der Waals surface area contributed by atoms with E-state index in [0.29, 0.717) is 11.3 Å². The Morgan fingerprint density at radius 2 is 1.76 bits per heavy atom. The van der Waals surface area contributed by atoms with Crippen LogP contribution in [0, 0.1) is 0 Å². The zero-order valence-corrected chi connectivity index (χ0v) is 14.7. The smallest absolute Gasteiger partial charge is 0.254 e. The molecule has 6 nitrogen and oxygen atoms in total. The molecule has 2 N–H and O–H groups in total. The molecule has 0 saturated heterocycles. The van der Waals surface area contributed by atoms with Gasteiger partial charge in [0.1, 0.15) is 0 Å². The van der Waals surface area contributed by atoms with E-state index in [4.69, 9.17) is 0 Å². The molecule has 0 atom stereocenters. The highest BCUT2D eigenvalue weighted by Gasteiger charge is 2.11. The molecular formula is C18H15BrN4O2. The molecule has 0 unspecified atom stereocenters. The number of rotatable bonds is 5. The third-order valence-corrected chi connectivity index (χ3v) is 4.11. The summed E-state index contributed by atoms with van der Waals surface area (Å²) in [6.45, 7) is -0.128. The number of para-hydroxylation sites is 2. The number of carbonyl (C=O) groups excluding carboxylic acids is 2. The van der Waals surface area contributed by atoms with Gasteiger partial charge in [-0.15, -0.1) is 0 Å². The summed E-state index contributed by atoms with van der Waals surface area (Å²) in [5.74, 6) is -0.667. The maximum absolute atomic E-state index is 12.2. The Balaban J connectivity index is 1.57. The lowest BCUT2D eigenvalue weighted by Crippen LogP contribution is -2.32. The first-order chi connectivity index (χ1) is 12.1. The van der Waals surface area contributed by atoms with Crippen LogP contribution in [-0.4, -0.2) is 28.1 Å². The Morgan fingerprint density at radius 1 is 1.04 bits per heavy atom. The Kier molecular flexibility index (Phi) is 5.25. The van der Waals surface area contributed by atoms with E-state index >= 15 is 0 Å². The second-order valence-corrected chi connectivity index (χ2v) is 6.07. The normalized spacial score (nSPS) is 10.3. The minimum absolute atomic E-state index is 0.128. The molecule has 2 aromatic carbocycles. The Morgan fingerprint density at radius 3 is 2.52 bits per heavy atom. The summed E-state index contributed by atoms with van der Waals surface area (Å²) in [6, 6.07) is 16.7. The Labute approximate surface area is 153 Å². The monoisotopic (exact) mass is 398 g/mol. The van der Waals surface area contributed by atoms with Gasteiger partial charge in [-0.1, -0.05) is 30.3 Å². The number of aromatic nitrogens is 2. The van der Waals surface area contributed by atoms with Crippen molar-refractivity contribution in [1.29, 1.82) is 0 Å². The maximum Gasteiger partial charge on any atom is 0.254 e. The van der Waals surface area contributed by atoms with Crippen molar-refractivity contribution in [3.05, 3.63) is 77.0 Å². The summed E-state index contributed by atoms with van der Waals surface area (Å²) in [6.07, 6.45) is 3.09. The van der Waals surface area contributed by atoms with Crippen LogP contribution >= 0.6 is 15.9 Å². The molecule has 0 aliphatic rings. The number of anilines is 1. The van der Waals surface area contributed by atoms with Gasteiger partial charge in [0, 0.05) is 10.7 Å². The fourth-order valence-corrected chi connectivity index (χ4v) is 2.57. The van der Waals surface area contributed by atoms with Gasteiger partial charge in [0.2, 0.25) is 5.91 Å². The van der Waals surface area contributed by atoms with Crippen LogP contribution in [0.3, 0.4) is 0 Å². The number of nitrogens with zero attached hydrogens (tertiary/aromatic N) is 2. The van der Waals surface area contributed by atoms with Crippen LogP contribution in [0.15, 0.2) is 71.5 Å². The average molecular weight is 399 g/mol. The third-order valence-electron chi connectivity index (χ3n) is 3.42. The molecule has 1 aromatic heterocycles. The second kappa shape index (κ2) is 7.76. The predicted molar refractivity (Wildman–Crippen MR) is 98.7 cm³/mol. The van der Waals surface area contributed by atoms with E-state index in [9.17, 15) is 9.59 Å². The van der Waals surface area contributed by atoms with Crippen molar-refractivity contribution in [3.63, 3.8) is 0 Å². The largest absolute Gasteiger partial charge is 0.343 e. The molecule has 1 heterocycles. The summed E-state index contributed by atoms with van der Waals surface area (Å²) < 4.78 is 2.38. The molecule has 7 heteroatoms. The van der Waals surface area contributed by atoms with Gasteiger partial charge in [-0.2, -0.15) is 5.10 Å². The van der Waals surface area contributed by atoms with Crippen molar-refractivity contribution in [2.24, 2.45) is 0 Å². The first-order valence-electron chi connectivity index (χ1n) is 7.56. The minimum Gasteiger partial charge on any atom is -0.343 e. The highest BCUT2D eigenvalue weighted by molar-refractivity contribution is 9.10. The first kappa shape index (κ1) is 16.9. The summed E-state index contributed by atoms with van der Waals surface area (Å²) in [5, 5.41) is 9.47. The van der Waals surface area contributed by atoms with Gasteiger partial charge in [0.25, 0.3) is 5.91 Å². The molecule has 0 aliphatic carbocycles. The summed E-state index contributed by atoms with van der Waals surface area (Å²) in [7, 11) is 0. The molecule has 3 rings (SSSR count). The second-order valence-electron chi connectivity index (χ2n) is 5.22. The number of halogens is 1. The summed E-state index contributed by atoms with van der Waals surface area (Å²) in [5.41, 5.74) is 1.89. The number of hydrogen-bond acceptors (Lipinski definition) is 3. The zero-order valence-electron chi connectivity index (χ0n) is 13.1. The van der Waals surface area contributed by atoms with E-state index in [2.05, 4.69) is 31.7 Å². The van der Waals surface area contributed by atoms with Gasteiger partial charge in [-0.25, -0.2) is 4.68 Å². The number of amides is 2. The molecule has 0 aliphatic heterocycles. The van der Waals surface area contributed by atoms with Gasteiger partial charge in [-0.3, -0.25) is 9.59 Å².